The van der Waals surface area contributed by atoms with E-state index in [1.165, 1.54) is 29.7 Å². The molecule has 3 aromatic rings. The van der Waals surface area contributed by atoms with Gasteiger partial charge in [-0.3, -0.25) is 14.6 Å². The van der Waals surface area contributed by atoms with Crippen molar-refractivity contribution >= 4 is 40.3 Å². The summed E-state index contributed by atoms with van der Waals surface area (Å²) >= 11 is 14.0. The number of hydrogen-bond acceptors (Lipinski definition) is 5. The van der Waals surface area contributed by atoms with E-state index in [2.05, 4.69) is 75.6 Å². The lowest BCUT2D eigenvalue weighted by molar-refractivity contribution is 0.0253. The van der Waals surface area contributed by atoms with Crippen LogP contribution in [0.25, 0.3) is 11.1 Å². The molecule has 5 atom stereocenters. The van der Waals surface area contributed by atoms with Crippen molar-refractivity contribution in [2.75, 3.05) is 26.2 Å². The van der Waals surface area contributed by atoms with E-state index in [0.29, 0.717) is 40.7 Å². The second-order valence-electron chi connectivity index (χ2n) is 13.0. The van der Waals surface area contributed by atoms with Gasteiger partial charge in [0.2, 0.25) is 0 Å². The SMILES string of the molecule is CCCCOc1ccsc1C(=O)C(C)C(C)CCC(CCC)N1CCN([C@@H](C)c2ccc(-c3cc(Cl)cc(Cl)c3)cc2)[C@H](C)C1. The lowest BCUT2D eigenvalue weighted by Crippen LogP contribution is -2.55. The van der Waals surface area contributed by atoms with Crippen LogP contribution in [-0.2, 0) is 0 Å². The summed E-state index contributed by atoms with van der Waals surface area (Å²) in [5.41, 5.74) is 3.49. The van der Waals surface area contributed by atoms with Crippen LogP contribution in [0, 0.1) is 11.8 Å². The normalized spacial score (nSPS) is 18.8. The van der Waals surface area contributed by atoms with Crippen molar-refractivity contribution in [2.45, 2.75) is 98.2 Å². The number of carbonyl (C=O) groups is 1. The number of benzene rings is 2. The van der Waals surface area contributed by atoms with E-state index in [-0.39, 0.29) is 11.7 Å². The highest BCUT2D eigenvalue weighted by Crippen LogP contribution is 2.34. The van der Waals surface area contributed by atoms with Crippen LogP contribution in [0.15, 0.2) is 53.9 Å². The minimum Gasteiger partial charge on any atom is -0.492 e. The van der Waals surface area contributed by atoms with E-state index in [1.54, 1.807) is 6.07 Å². The van der Waals surface area contributed by atoms with Gasteiger partial charge in [0.25, 0.3) is 0 Å². The highest BCUT2D eigenvalue weighted by atomic mass is 35.5. The molecule has 1 aromatic heterocycles. The minimum absolute atomic E-state index is 0.0154. The van der Waals surface area contributed by atoms with E-state index in [9.17, 15) is 4.79 Å². The van der Waals surface area contributed by atoms with Crippen molar-refractivity contribution < 1.29 is 9.53 Å². The zero-order valence-corrected chi connectivity index (χ0v) is 30.4. The Hall–Kier alpha value is -1.89. The lowest BCUT2D eigenvalue weighted by atomic mass is 9.85. The largest absolute Gasteiger partial charge is 0.492 e. The van der Waals surface area contributed by atoms with E-state index in [4.69, 9.17) is 27.9 Å². The van der Waals surface area contributed by atoms with Crippen LogP contribution in [0.2, 0.25) is 10.0 Å². The Balaban J connectivity index is 1.32. The summed E-state index contributed by atoms with van der Waals surface area (Å²) in [6, 6.07) is 17.8. The molecule has 45 heavy (non-hydrogen) atoms. The maximum Gasteiger partial charge on any atom is 0.179 e. The van der Waals surface area contributed by atoms with Crippen molar-refractivity contribution in [2.24, 2.45) is 11.8 Å². The fraction of sp³-hybridized carbons (Fsp3) is 0.553. The fourth-order valence-corrected chi connectivity index (χ4v) is 8.10. The molecule has 0 bridgehead atoms. The topological polar surface area (TPSA) is 32.8 Å². The molecule has 4 nitrogen and oxygen atoms in total. The van der Waals surface area contributed by atoms with Crippen LogP contribution in [0.5, 0.6) is 5.75 Å². The molecule has 1 saturated heterocycles. The third-order valence-corrected chi connectivity index (χ3v) is 11.1. The molecule has 246 valence electrons. The Bertz CT molecular complexity index is 1340. The summed E-state index contributed by atoms with van der Waals surface area (Å²) in [5.74, 6) is 1.31. The predicted molar refractivity (Wildman–Crippen MR) is 193 cm³/mol. The van der Waals surface area contributed by atoms with Gasteiger partial charge in [-0.15, -0.1) is 11.3 Å². The van der Waals surface area contributed by atoms with Gasteiger partial charge in [0.15, 0.2) is 5.78 Å². The Labute approximate surface area is 286 Å². The number of unbranched alkanes of at least 4 members (excludes halogenated alkanes) is 1. The molecule has 1 aliphatic heterocycles. The number of halogens is 2. The molecule has 0 aliphatic carbocycles. The van der Waals surface area contributed by atoms with Crippen LogP contribution in [0.1, 0.15) is 101 Å². The number of ketones is 1. The van der Waals surface area contributed by atoms with Gasteiger partial charge in [-0.2, -0.15) is 0 Å². The quantitative estimate of drug-likeness (QED) is 0.112. The summed E-state index contributed by atoms with van der Waals surface area (Å²) in [6.07, 6.45) is 6.66. The smallest absolute Gasteiger partial charge is 0.179 e. The van der Waals surface area contributed by atoms with Crippen LogP contribution in [0.3, 0.4) is 0 Å². The van der Waals surface area contributed by atoms with Gasteiger partial charge in [0, 0.05) is 53.7 Å². The number of carbonyl (C=O) groups excluding carboxylic acids is 1. The summed E-state index contributed by atoms with van der Waals surface area (Å²) in [7, 11) is 0. The average Bonchev–Trinajstić information content (AvgIpc) is 3.50. The molecule has 1 aliphatic rings. The average molecular weight is 672 g/mol. The zero-order valence-electron chi connectivity index (χ0n) is 28.0. The van der Waals surface area contributed by atoms with E-state index in [1.807, 2.05) is 23.6 Å². The number of piperazine rings is 1. The van der Waals surface area contributed by atoms with Gasteiger partial charge < -0.3 is 4.74 Å². The molecule has 0 radical (unpaired) electrons. The summed E-state index contributed by atoms with van der Waals surface area (Å²) in [5, 5.41) is 3.29. The highest BCUT2D eigenvalue weighted by Gasteiger charge is 2.32. The lowest BCUT2D eigenvalue weighted by Gasteiger charge is -2.46. The number of ether oxygens (including phenoxy) is 1. The first kappa shape index (κ1) is 36.0. The molecule has 4 rings (SSSR count). The fourth-order valence-electron chi connectivity index (χ4n) is 6.70. The second kappa shape index (κ2) is 17.3. The summed E-state index contributed by atoms with van der Waals surface area (Å²) < 4.78 is 5.94. The first-order valence-corrected chi connectivity index (χ1v) is 18.6. The summed E-state index contributed by atoms with van der Waals surface area (Å²) in [4.78, 5) is 19.6. The van der Waals surface area contributed by atoms with Gasteiger partial charge in [0.05, 0.1) is 6.61 Å². The summed E-state index contributed by atoms with van der Waals surface area (Å²) in [6.45, 7) is 17.4. The molecule has 0 saturated carbocycles. The third-order valence-electron chi connectivity index (χ3n) is 9.77. The molecule has 2 heterocycles. The molecular formula is C38H52Cl2N2O2S. The van der Waals surface area contributed by atoms with Crippen LogP contribution in [0.4, 0.5) is 0 Å². The molecule has 7 heteroatoms. The second-order valence-corrected chi connectivity index (χ2v) is 14.8. The number of thiophene rings is 1. The first-order valence-electron chi connectivity index (χ1n) is 16.9. The molecule has 1 fully saturated rings. The highest BCUT2D eigenvalue weighted by molar-refractivity contribution is 7.12. The van der Waals surface area contributed by atoms with Gasteiger partial charge in [-0.1, -0.05) is 88.0 Å². The number of rotatable bonds is 16. The minimum atomic E-state index is -0.0154. The third kappa shape index (κ3) is 9.58. The Morgan fingerprint density at radius 2 is 1.64 bits per heavy atom. The number of Topliss-reactive ketones (excluding diaryl/α,β-unsaturated/α-hetero) is 1. The molecule has 0 N–H and O–H groups in total. The Morgan fingerprint density at radius 3 is 2.29 bits per heavy atom. The van der Waals surface area contributed by atoms with Crippen molar-refractivity contribution in [3.63, 3.8) is 0 Å². The van der Waals surface area contributed by atoms with E-state index in [0.717, 1.165) is 67.1 Å². The molecule has 3 unspecified atom stereocenters. The van der Waals surface area contributed by atoms with Crippen molar-refractivity contribution in [3.8, 4) is 16.9 Å². The number of hydrogen-bond donors (Lipinski definition) is 0. The number of nitrogens with zero attached hydrogens (tertiary/aromatic N) is 2. The van der Waals surface area contributed by atoms with Gasteiger partial charge in [0.1, 0.15) is 10.6 Å². The van der Waals surface area contributed by atoms with Crippen molar-refractivity contribution in [1.82, 2.24) is 9.80 Å². The van der Waals surface area contributed by atoms with Gasteiger partial charge >= 0.3 is 0 Å². The Morgan fingerprint density at radius 1 is 0.933 bits per heavy atom. The zero-order chi connectivity index (χ0) is 32.5. The van der Waals surface area contributed by atoms with Crippen LogP contribution in [-0.4, -0.2) is 53.9 Å². The van der Waals surface area contributed by atoms with Crippen molar-refractivity contribution in [3.05, 3.63) is 74.4 Å². The van der Waals surface area contributed by atoms with Crippen LogP contribution < -0.4 is 4.74 Å². The predicted octanol–water partition coefficient (Wildman–Crippen LogP) is 11.1. The molecule has 2 aromatic carbocycles. The maximum atomic E-state index is 13.5. The molecule has 0 spiro atoms. The van der Waals surface area contributed by atoms with E-state index < -0.39 is 0 Å². The first-order chi connectivity index (χ1) is 21.6. The van der Waals surface area contributed by atoms with Gasteiger partial charge in [-0.05, 0) is 91.8 Å². The molecular weight excluding hydrogens is 619 g/mol. The van der Waals surface area contributed by atoms with E-state index >= 15 is 0 Å². The standard InChI is InChI=1S/C38H52Cl2N2O2S/c1-7-9-20-44-36-17-21-45-38(36)37(43)28(5)26(3)11-16-35(10-8-2)41-18-19-42(27(4)25-41)29(6)30-12-14-31(15-13-30)32-22-33(39)24-34(40)23-32/h12-15,17,21-24,26-29,35H,7-11,16,18-20,25H2,1-6H3/t26?,27-,28?,29+,35?/m1/s1. The van der Waals surface area contributed by atoms with Gasteiger partial charge in [-0.25, -0.2) is 0 Å². The van der Waals surface area contributed by atoms with Crippen molar-refractivity contribution in [1.29, 1.82) is 0 Å². The Kier molecular flexibility index (Phi) is 13.8. The monoisotopic (exact) mass is 670 g/mol. The van der Waals surface area contributed by atoms with Crippen LogP contribution >= 0.6 is 34.5 Å². The molecule has 0 amide bonds. The maximum absolute atomic E-state index is 13.5.